The van der Waals surface area contributed by atoms with Gasteiger partial charge in [0, 0.05) is 20.6 Å². The molecular formula is C33H47ClN6O6. The van der Waals surface area contributed by atoms with Gasteiger partial charge in [0.05, 0.1) is 12.6 Å². The van der Waals surface area contributed by atoms with Crippen molar-refractivity contribution in [1.29, 1.82) is 0 Å². The first-order chi connectivity index (χ1) is 21.5. The van der Waals surface area contributed by atoms with Crippen LogP contribution >= 0.6 is 11.8 Å². The SMILES string of the molecule is CN(C)C(=O)[C@@H](NC(=O)CNC(=O)C(=O)C(CC1CC1)NC(=O)[C@@H]1C2C(CN1C(=O)C(NCl)C(C)(C)C)C2(C)C)c1ccccc1. The Hall–Kier alpha value is -3.51. The molecule has 0 radical (unpaired) electrons. The highest BCUT2D eigenvalue weighted by Gasteiger charge is 2.69. The molecule has 1 aromatic rings. The summed E-state index contributed by atoms with van der Waals surface area (Å²) in [4.78, 5) is 85.0. The van der Waals surface area contributed by atoms with E-state index in [-0.39, 0.29) is 41.4 Å². The third-order valence-corrected chi connectivity index (χ3v) is 9.86. The Morgan fingerprint density at radius 3 is 2.20 bits per heavy atom. The fourth-order valence-corrected chi connectivity index (χ4v) is 6.97. The second kappa shape index (κ2) is 13.7. The summed E-state index contributed by atoms with van der Waals surface area (Å²) in [6.07, 6.45) is 2.04. The molecule has 4 N–H and O–H groups in total. The van der Waals surface area contributed by atoms with Gasteiger partial charge in [-0.3, -0.25) is 28.8 Å². The molecule has 3 aliphatic rings. The molecular weight excluding hydrogens is 612 g/mol. The number of nitrogens with zero attached hydrogens (tertiary/aromatic N) is 2. The quantitative estimate of drug-likeness (QED) is 0.185. The van der Waals surface area contributed by atoms with E-state index in [0.717, 1.165) is 12.8 Å². The minimum absolute atomic E-state index is 0.0935. The van der Waals surface area contributed by atoms with E-state index in [1.54, 1.807) is 49.3 Å². The zero-order chi connectivity index (χ0) is 34.1. The number of ketones is 1. The molecule has 5 amide bonds. The molecule has 1 aromatic carbocycles. The number of amides is 5. The lowest BCUT2D eigenvalue weighted by atomic mass is 9.86. The van der Waals surface area contributed by atoms with Crippen LogP contribution in [0.25, 0.3) is 0 Å². The van der Waals surface area contributed by atoms with Crippen molar-refractivity contribution in [3.8, 4) is 0 Å². The summed E-state index contributed by atoms with van der Waals surface area (Å²) in [5.41, 5.74) is -0.102. The minimum Gasteiger partial charge on any atom is -0.347 e. The van der Waals surface area contributed by atoms with Crippen molar-refractivity contribution in [2.45, 2.75) is 78.0 Å². The van der Waals surface area contributed by atoms with E-state index in [2.05, 4.69) is 34.6 Å². The number of halogens is 1. The van der Waals surface area contributed by atoms with E-state index in [0.29, 0.717) is 12.1 Å². The Labute approximate surface area is 275 Å². The van der Waals surface area contributed by atoms with Crippen LogP contribution in [0.1, 0.15) is 65.5 Å². The van der Waals surface area contributed by atoms with Gasteiger partial charge in [-0.25, -0.2) is 4.84 Å². The molecule has 0 spiro atoms. The van der Waals surface area contributed by atoms with Gasteiger partial charge in [0.2, 0.25) is 29.4 Å². The first kappa shape index (κ1) is 35.3. The zero-order valence-corrected chi connectivity index (χ0v) is 28.4. The van der Waals surface area contributed by atoms with Crippen LogP contribution in [0.15, 0.2) is 30.3 Å². The maximum atomic E-state index is 13.9. The van der Waals surface area contributed by atoms with E-state index in [4.69, 9.17) is 11.8 Å². The van der Waals surface area contributed by atoms with E-state index < -0.39 is 59.6 Å². The molecule has 12 nitrogen and oxygen atoms in total. The third kappa shape index (κ3) is 7.71. The first-order valence-electron chi connectivity index (χ1n) is 15.8. The summed E-state index contributed by atoms with van der Waals surface area (Å²) in [6.45, 7) is 9.62. The van der Waals surface area contributed by atoms with Crippen molar-refractivity contribution in [2.75, 3.05) is 27.2 Å². The lowest BCUT2D eigenvalue weighted by molar-refractivity contribution is -0.145. The summed E-state index contributed by atoms with van der Waals surface area (Å²) in [6, 6.07) is 5.06. The number of Topliss-reactive ketones (excluding diaryl/α,β-unsaturated/α-hetero) is 1. The Morgan fingerprint density at radius 1 is 1.02 bits per heavy atom. The van der Waals surface area contributed by atoms with Gasteiger partial charge in [0.1, 0.15) is 18.1 Å². The molecule has 0 aromatic heterocycles. The monoisotopic (exact) mass is 658 g/mol. The molecule has 1 saturated heterocycles. The highest BCUT2D eigenvalue weighted by atomic mass is 35.5. The molecule has 46 heavy (non-hydrogen) atoms. The highest BCUT2D eigenvalue weighted by molar-refractivity contribution is 6.38. The van der Waals surface area contributed by atoms with Crippen LogP contribution in [0.2, 0.25) is 0 Å². The van der Waals surface area contributed by atoms with Gasteiger partial charge in [0.25, 0.3) is 5.91 Å². The van der Waals surface area contributed by atoms with E-state index >= 15 is 0 Å². The van der Waals surface area contributed by atoms with Gasteiger partial charge >= 0.3 is 0 Å². The van der Waals surface area contributed by atoms with Crippen LogP contribution in [-0.4, -0.2) is 90.4 Å². The van der Waals surface area contributed by atoms with Gasteiger partial charge in [-0.2, -0.15) is 0 Å². The number of rotatable bonds is 13. The number of likely N-dealkylation sites (tertiary alicyclic amines) is 1. The van der Waals surface area contributed by atoms with Crippen molar-refractivity contribution in [3.63, 3.8) is 0 Å². The Balaban J connectivity index is 1.43. The maximum Gasteiger partial charge on any atom is 0.290 e. The summed E-state index contributed by atoms with van der Waals surface area (Å²) in [5, 5.41) is 7.79. The van der Waals surface area contributed by atoms with Crippen LogP contribution < -0.4 is 20.8 Å². The molecule has 6 atom stereocenters. The molecule has 13 heteroatoms. The standard InChI is InChI=1S/C33H47ClN6O6/c1-32(2,3)27(38-34)31(46)40-17-20-23(33(20,4)5)25(40)28(43)36-21(15-18-13-14-18)26(42)29(44)35-16-22(41)37-24(30(45)39(6)7)19-11-9-8-10-12-19/h8-12,18,20-21,23-25,27,38H,13-17H2,1-7H3,(H,35,44)(H,36,43)(H,37,41)/t20?,21?,23?,24-,25-,27?/m0/s1. The van der Waals surface area contributed by atoms with Crippen LogP contribution in [0.4, 0.5) is 0 Å². The second-order valence-electron chi connectivity index (χ2n) is 14.7. The average molecular weight is 659 g/mol. The third-order valence-electron chi connectivity index (χ3n) is 9.64. The average Bonchev–Trinajstić information content (AvgIpc) is 3.84. The zero-order valence-electron chi connectivity index (χ0n) is 27.7. The number of hydrogen-bond acceptors (Lipinski definition) is 7. The molecule has 0 bridgehead atoms. The van der Waals surface area contributed by atoms with Crippen molar-refractivity contribution in [1.82, 2.24) is 30.6 Å². The van der Waals surface area contributed by atoms with Crippen LogP contribution in [-0.2, 0) is 28.8 Å². The summed E-state index contributed by atoms with van der Waals surface area (Å²) < 4.78 is 0. The van der Waals surface area contributed by atoms with Gasteiger partial charge in [-0.15, -0.1) is 0 Å². The molecule has 252 valence electrons. The van der Waals surface area contributed by atoms with Gasteiger partial charge in [0.15, 0.2) is 0 Å². The van der Waals surface area contributed by atoms with Crippen molar-refractivity contribution >= 4 is 47.1 Å². The number of benzene rings is 1. The number of hydrogen-bond donors (Lipinski definition) is 4. The minimum atomic E-state index is -1.11. The summed E-state index contributed by atoms with van der Waals surface area (Å²) >= 11 is 5.99. The Morgan fingerprint density at radius 2 is 1.65 bits per heavy atom. The molecule has 3 fully saturated rings. The molecule has 2 aliphatic carbocycles. The van der Waals surface area contributed by atoms with Crippen molar-refractivity contribution < 1.29 is 28.8 Å². The smallest absolute Gasteiger partial charge is 0.290 e. The maximum absolute atomic E-state index is 13.9. The number of fused-ring (bicyclic) bond motifs is 1. The topological polar surface area (TPSA) is 157 Å². The fraction of sp³-hybridized carbons (Fsp3) is 0.636. The lowest BCUT2D eigenvalue weighted by Gasteiger charge is -2.37. The predicted molar refractivity (Wildman–Crippen MR) is 172 cm³/mol. The van der Waals surface area contributed by atoms with E-state index in [1.807, 2.05) is 20.8 Å². The summed E-state index contributed by atoms with van der Waals surface area (Å²) in [5.74, 6) is -3.44. The molecule has 1 aliphatic heterocycles. The van der Waals surface area contributed by atoms with Crippen molar-refractivity contribution in [3.05, 3.63) is 35.9 Å². The number of nitrogens with one attached hydrogen (secondary N) is 4. The normalized spacial score (nSPS) is 23.3. The largest absolute Gasteiger partial charge is 0.347 e. The molecule has 4 unspecified atom stereocenters. The van der Waals surface area contributed by atoms with E-state index in [1.165, 1.54) is 4.90 Å². The van der Waals surface area contributed by atoms with Gasteiger partial charge < -0.3 is 25.8 Å². The van der Waals surface area contributed by atoms with Crippen molar-refractivity contribution in [2.24, 2.45) is 28.6 Å². The van der Waals surface area contributed by atoms with E-state index in [9.17, 15) is 28.8 Å². The molecule has 2 saturated carbocycles. The second-order valence-corrected chi connectivity index (χ2v) is 14.9. The molecule has 1 heterocycles. The Bertz CT molecular complexity index is 1360. The first-order valence-corrected chi connectivity index (χ1v) is 16.2. The van der Waals surface area contributed by atoms with Gasteiger partial charge in [-0.1, -0.05) is 77.8 Å². The number of likely N-dealkylation sites (N-methyl/N-ethyl adjacent to an activating group) is 1. The van der Waals surface area contributed by atoms with Crippen LogP contribution in [0.3, 0.4) is 0 Å². The van der Waals surface area contributed by atoms with Gasteiger partial charge in [-0.05, 0) is 52.3 Å². The number of carbonyl (C=O) groups excluding carboxylic acids is 6. The predicted octanol–water partition coefficient (Wildman–Crippen LogP) is 1.54. The number of piperidine rings is 1. The highest BCUT2D eigenvalue weighted by Crippen LogP contribution is 2.65. The molecule has 4 rings (SSSR count). The Kier molecular flexibility index (Phi) is 10.5. The summed E-state index contributed by atoms with van der Waals surface area (Å²) in [7, 11) is 3.14. The number of carbonyl (C=O) groups is 6. The van der Waals surface area contributed by atoms with Crippen LogP contribution in [0.5, 0.6) is 0 Å². The lowest BCUT2D eigenvalue weighted by Crippen LogP contribution is -2.59. The van der Waals surface area contributed by atoms with Crippen LogP contribution in [0, 0.1) is 28.6 Å². The fourth-order valence-electron chi connectivity index (χ4n) is 6.54.